The smallest absolute Gasteiger partial charge is 0.387 e. The Labute approximate surface area is 171 Å². The van der Waals surface area contributed by atoms with Gasteiger partial charge in [-0.1, -0.05) is 0 Å². The summed E-state index contributed by atoms with van der Waals surface area (Å²) in [5.74, 6) is -1.18. The number of aliphatic hydroxyl groups excluding tert-OH is 2. The molecule has 1 amide bonds. The summed E-state index contributed by atoms with van der Waals surface area (Å²) in [5, 5.41) is 20.1. The van der Waals surface area contributed by atoms with Crippen LogP contribution in [0.25, 0.3) is 0 Å². The monoisotopic (exact) mass is 511 g/mol. The topological polar surface area (TPSA) is 287 Å². The molecule has 2 rings (SSSR count). The van der Waals surface area contributed by atoms with E-state index in [2.05, 4.69) is 18.1 Å². The Balaban J connectivity index is 2.11. The zero-order valence-corrected chi connectivity index (χ0v) is 17.5. The number of hydrogen-bond acceptors (Lipinski definition) is 12. The number of primary amides is 1. The van der Waals surface area contributed by atoms with Gasteiger partial charge in [0.15, 0.2) is 11.9 Å². The van der Waals surface area contributed by atoms with E-state index < -0.39 is 71.8 Å². The molecule has 0 bridgehead atoms. The molecule has 31 heavy (non-hydrogen) atoms. The van der Waals surface area contributed by atoms with Crippen LogP contribution >= 0.6 is 23.5 Å². The van der Waals surface area contributed by atoms with Crippen molar-refractivity contribution < 1.29 is 66.2 Å². The van der Waals surface area contributed by atoms with Crippen LogP contribution in [0.4, 0.5) is 0 Å². The van der Waals surface area contributed by atoms with E-state index in [4.69, 9.17) is 25.2 Å². The molecule has 18 nitrogen and oxygen atoms in total. The molecule has 1 aromatic rings. The van der Waals surface area contributed by atoms with Gasteiger partial charge < -0.3 is 40.3 Å². The van der Waals surface area contributed by atoms with Crippen LogP contribution < -0.4 is 11.3 Å². The van der Waals surface area contributed by atoms with Crippen LogP contribution in [0.3, 0.4) is 0 Å². The summed E-state index contributed by atoms with van der Waals surface area (Å²) >= 11 is 0. The molecule has 0 aliphatic carbocycles. The molecule has 1 fully saturated rings. The van der Waals surface area contributed by atoms with Crippen LogP contribution in [0.5, 0.6) is 0 Å². The van der Waals surface area contributed by atoms with Gasteiger partial charge in [-0.05, 0) is 0 Å². The minimum Gasteiger partial charge on any atom is -0.387 e. The summed E-state index contributed by atoms with van der Waals surface area (Å²) < 4.78 is 50.7. The molecule has 4 unspecified atom stereocenters. The van der Waals surface area contributed by atoms with Crippen LogP contribution in [0.1, 0.15) is 16.7 Å². The summed E-state index contributed by atoms with van der Waals surface area (Å²) in [7, 11) is -16.9. The van der Waals surface area contributed by atoms with E-state index in [-0.39, 0.29) is 0 Å². The summed E-state index contributed by atoms with van der Waals surface area (Å²) in [4.78, 5) is 62.3. The van der Waals surface area contributed by atoms with Crippen molar-refractivity contribution in [1.29, 1.82) is 0 Å². The van der Waals surface area contributed by atoms with Crippen LogP contribution in [-0.4, -0.2) is 70.2 Å². The van der Waals surface area contributed by atoms with E-state index in [0.29, 0.717) is 4.57 Å². The van der Waals surface area contributed by atoms with Crippen molar-refractivity contribution in [3.63, 3.8) is 0 Å². The molecule has 0 saturated carbocycles. The molecule has 8 N–H and O–H groups in total. The number of amides is 1. The van der Waals surface area contributed by atoms with Crippen molar-refractivity contribution in [3.05, 3.63) is 28.4 Å². The molecule has 1 aromatic heterocycles. The number of hydrogen-bond donors (Lipinski definition) is 7. The van der Waals surface area contributed by atoms with Crippen molar-refractivity contribution >= 4 is 29.4 Å². The number of phosphoric acid groups is 3. The van der Waals surface area contributed by atoms with Crippen LogP contribution in [0.2, 0.25) is 0 Å². The largest absolute Gasteiger partial charge is 0.490 e. The molecular formula is C10H16N3O15P3. The predicted octanol–water partition coefficient (Wildman–Crippen LogP) is -2.70. The van der Waals surface area contributed by atoms with Gasteiger partial charge in [0.2, 0.25) is 0 Å². The fourth-order valence-corrected chi connectivity index (χ4v) is 5.39. The molecule has 2 heterocycles. The number of carbonyl (C=O) groups excluding carboxylic acids is 1. The number of aromatic nitrogens is 2. The van der Waals surface area contributed by atoms with Gasteiger partial charge in [-0.25, -0.2) is 18.7 Å². The lowest BCUT2D eigenvalue weighted by Gasteiger charge is -2.19. The van der Waals surface area contributed by atoms with Crippen molar-refractivity contribution in [3.8, 4) is 0 Å². The normalized spacial score (nSPS) is 28.1. The average Bonchev–Trinajstić information content (AvgIpc) is 2.85. The first-order chi connectivity index (χ1) is 14.0. The lowest BCUT2D eigenvalue weighted by Crippen LogP contribution is -2.38. The molecule has 1 saturated heterocycles. The standard InChI is InChI=1S/C10H16N3O15P3/c11-8(16)5-9(17)13(2-1-12-5)10-7(15)6(14)4(26-10)3-25-30(21,22)28-31(23,24)27-29(18,19)20/h1-2,4,6-7,10,14-15H,3H2,(H2,11,16)(H,21,22)(H,23,24)(H2,18,19,20)/t4-,6?,7?,10-/m1/s1. The molecule has 1 aliphatic rings. The van der Waals surface area contributed by atoms with Gasteiger partial charge in [0, 0.05) is 12.4 Å². The second-order valence-electron chi connectivity index (χ2n) is 5.79. The van der Waals surface area contributed by atoms with Gasteiger partial charge in [-0.15, -0.1) is 0 Å². The van der Waals surface area contributed by atoms with E-state index in [1.54, 1.807) is 0 Å². The first kappa shape index (κ1) is 25.9. The van der Waals surface area contributed by atoms with Crippen molar-refractivity contribution in [2.45, 2.75) is 24.5 Å². The summed E-state index contributed by atoms with van der Waals surface area (Å²) in [6.45, 7) is -1.08. The fraction of sp³-hybridized carbons (Fsp3) is 0.500. The van der Waals surface area contributed by atoms with Gasteiger partial charge in [0.1, 0.15) is 18.3 Å². The fourth-order valence-electron chi connectivity index (χ4n) is 2.36. The maximum Gasteiger partial charge on any atom is 0.490 e. The van der Waals surface area contributed by atoms with Gasteiger partial charge in [-0.2, -0.15) is 8.62 Å². The Bertz CT molecular complexity index is 1040. The van der Waals surface area contributed by atoms with E-state index in [0.717, 1.165) is 12.4 Å². The molecule has 0 spiro atoms. The van der Waals surface area contributed by atoms with Crippen molar-refractivity contribution in [2.24, 2.45) is 5.73 Å². The van der Waals surface area contributed by atoms with E-state index in [1.807, 2.05) is 0 Å². The Morgan fingerprint density at radius 3 is 2.29 bits per heavy atom. The van der Waals surface area contributed by atoms with Crippen LogP contribution in [0.15, 0.2) is 17.2 Å². The van der Waals surface area contributed by atoms with Gasteiger partial charge >= 0.3 is 23.5 Å². The second kappa shape index (κ2) is 9.25. The summed E-state index contributed by atoms with van der Waals surface area (Å²) in [6.07, 6.45) is -4.95. The molecular weight excluding hydrogens is 495 g/mol. The maximum absolute atomic E-state index is 12.2. The predicted molar refractivity (Wildman–Crippen MR) is 92.8 cm³/mol. The molecule has 0 radical (unpaired) electrons. The molecule has 1 aliphatic heterocycles. The molecule has 176 valence electrons. The lowest BCUT2D eigenvalue weighted by molar-refractivity contribution is -0.0538. The SMILES string of the molecule is NC(=O)c1nccn([C@@H]2O[C@H](COP(=O)(O)OP(=O)(O)OP(=O)(O)O)C(O)C2O)c1=O. The van der Waals surface area contributed by atoms with E-state index in [1.165, 1.54) is 0 Å². The molecule has 6 atom stereocenters. The average molecular weight is 511 g/mol. The van der Waals surface area contributed by atoms with Gasteiger partial charge in [0.05, 0.1) is 6.61 Å². The number of ether oxygens (including phenoxy) is 1. The maximum atomic E-state index is 12.2. The van der Waals surface area contributed by atoms with E-state index >= 15 is 0 Å². The van der Waals surface area contributed by atoms with Crippen LogP contribution in [-0.2, 0) is 31.6 Å². The van der Waals surface area contributed by atoms with E-state index in [9.17, 15) is 38.4 Å². The second-order valence-corrected chi connectivity index (χ2v) is 10.2. The van der Waals surface area contributed by atoms with Gasteiger partial charge in [0.25, 0.3) is 11.5 Å². The highest BCUT2D eigenvalue weighted by Crippen LogP contribution is 2.66. The Morgan fingerprint density at radius 1 is 1.13 bits per heavy atom. The third-order valence-corrected chi connectivity index (χ3v) is 7.33. The zero-order valence-electron chi connectivity index (χ0n) is 14.8. The highest BCUT2D eigenvalue weighted by atomic mass is 31.3. The molecule has 21 heteroatoms. The Hall–Kier alpha value is -1.36. The Morgan fingerprint density at radius 2 is 1.74 bits per heavy atom. The zero-order chi connectivity index (χ0) is 23.8. The van der Waals surface area contributed by atoms with Crippen molar-refractivity contribution in [1.82, 2.24) is 9.55 Å². The van der Waals surface area contributed by atoms with Gasteiger partial charge in [-0.3, -0.25) is 18.7 Å². The number of phosphoric ester groups is 1. The minimum absolute atomic E-state index is 0.659. The molecule has 0 aromatic carbocycles. The third kappa shape index (κ3) is 6.81. The summed E-state index contributed by atoms with van der Waals surface area (Å²) in [6, 6.07) is 0. The number of carbonyl (C=O) groups is 1. The van der Waals surface area contributed by atoms with Crippen LogP contribution in [0, 0.1) is 0 Å². The highest BCUT2D eigenvalue weighted by molar-refractivity contribution is 7.66. The number of nitrogens with zero attached hydrogens (tertiary/aromatic N) is 2. The first-order valence-electron chi connectivity index (χ1n) is 7.70. The quantitative estimate of drug-likeness (QED) is 0.166. The summed E-state index contributed by atoms with van der Waals surface area (Å²) in [5.41, 5.74) is 3.21. The first-order valence-corrected chi connectivity index (χ1v) is 12.2. The lowest BCUT2D eigenvalue weighted by atomic mass is 10.1. The minimum atomic E-state index is -5.76. The number of rotatable bonds is 9. The Kier molecular flexibility index (Phi) is 7.73. The number of aliphatic hydroxyl groups is 2. The highest BCUT2D eigenvalue weighted by Gasteiger charge is 2.46. The van der Waals surface area contributed by atoms with Crippen molar-refractivity contribution in [2.75, 3.05) is 6.61 Å². The third-order valence-electron chi connectivity index (χ3n) is 3.53. The number of nitrogens with two attached hydrogens (primary N) is 1.